The summed E-state index contributed by atoms with van der Waals surface area (Å²) in [5.41, 5.74) is 1.53. The lowest BCUT2D eigenvalue weighted by atomic mass is 10.1. The minimum absolute atomic E-state index is 0.0488. The Labute approximate surface area is 194 Å². The van der Waals surface area contributed by atoms with E-state index in [9.17, 15) is 17.6 Å². The highest BCUT2D eigenvalue weighted by Gasteiger charge is 2.21. The fraction of sp³-hybridized carbons (Fsp3) is 0.0435. The summed E-state index contributed by atoms with van der Waals surface area (Å²) in [5, 5.41) is 2.95. The summed E-state index contributed by atoms with van der Waals surface area (Å²) in [6.07, 6.45) is 5.22. The summed E-state index contributed by atoms with van der Waals surface area (Å²) in [5.74, 6) is -1.35. The minimum atomic E-state index is -4.24. The first-order valence-corrected chi connectivity index (χ1v) is 11.6. The van der Waals surface area contributed by atoms with Gasteiger partial charge in [0.2, 0.25) is 0 Å². The summed E-state index contributed by atoms with van der Waals surface area (Å²) in [7, 11) is -4.24. The minimum Gasteiger partial charge on any atom is -0.333 e. The normalized spacial score (nSPS) is 11.2. The molecule has 168 valence electrons. The van der Waals surface area contributed by atoms with Crippen molar-refractivity contribution in [3.8, 4) is 0 Å². The standard InChI is InChI=1S/C23H18ClFN4O3S/c24-18-9-10-20(28-33(31,32)22-4-2-1-3-19(22)25)21(13-18)27-23(30)17-7-5-16(6-8-17)14-29-12-11-26-15-29/h1-13,15,28H,14H2,(H,27,30). The summed E-state index contributed by atoms with van der Waals surface area (Å²) < 4.78 is 43.6. The molecule has 0 aliphatic carbocycles. The highest BCUT2D eigenvalue weighted by Crippen LogP contribution is 2.29. The summed E-state index contributed by atoms with van der Waals surface area (Å²) in [6, 6.07) is 16.2. The average Bonchev–Trinajstić information content (AvgIpc) is 3.29. The Bertz CT molecular complexity index is 1390. The van der Waals surface area contributed by atoms with Crippen molar-refractivity contribution in [1.82, 2.24) is 9.55 Å². The van der Waals surface area contributed by atoms with Gasteiger partial charge in [0, 0.05) is 29.5 Å². The van der Waals surface area contributed by atoms with Crippen molar-refractivity contribution in [1.29, 1.82) is 0 Å². The third-order valence-electron chi connectivity index (χ3n) is 4.74. The third kappa shape index (κ3) is 5.39. The molecule has 0 atom stereocenters. The Hall–Kier alpha value is -3.69. The number of benzene rings is 3. The van der Waals surface area contributed by atoms with Gasteiger partial charge in [-0.1, -0.05) is 35.9 Å². The van der Waals surface area contributed by atoms with Gasteiger partial charge in [0.05, 0.1) is 17.7 Å². The molecule has 0 fully saturated rings. The first-order chi connectivity index (χ1) is 15.8. The molecule has 0 saturated carbocycles. The largest absolute Gasteiger partial charge is 0.333 e. The van der Waals surface area contributed by atoms with Crippen molar-refractivity contribution in [2.24, 2.45) is 0 Å². The van der Waals surface area contributed by atoms with E-state index >= 15 is 0 Å². The molecule has 7 nitrogen and oxygen atoms in total. The van der Waals surface area contributed by atoms with Crippen LogP contribution in [0.2, 0.25) is 5.02 Å². The zero-order chi connectivity index (χ0) is 23.4. The molecular formula is C23H18ClFN4O3S. The second-order valence-corrected chi connectivity index (χ2v) is 9.20. The zero-order valence-corrected chi connectivity index (χ0v) is 18.6. The lowest BCUT2D eigenvalue weighted by molar-refractivity contribution is 0.102. The van der Waals surface area contributed by atoms with Crippen LogP contribution in [-0.4, -0.2) is 23.9 Å². The molecule has 1 aromatic heterocycles. The van der Waals surface area contributed by atoms with Crippen LogP contribution in [0, 0.1) is 5.82 Å². The van der Waals surface area contributed by atoms with Gasteiger partial charge in [0.15, 0.2) is 0 Å². The molecule has 0 saturated heterocycles. The van der Waals surface area contributed by atoms with Crippen LogP contribution < -0.4 is 10.0 Å². The summed E-state index contributed by atoms with van der Waals surface area (Å²) >= 11 is 6.05. The number of halogens is 2. The molecule has 4 rings (SSSR count). The number of hydrogen-bond acceptors (Lipinski definition) is 4. The Morgan fingerprint density at radius 2 is 1.79 bits per heavy atom. The summed E-state index contributed by atoms with van der Waals surface area (Å²) in [6.45, 7) is 0.609. The van der Waals surface area contributed by atoms with Gasteiger partial charge in [-0.15, -0.1) is 0 Å². The number of nitrogens with zero attached hydrogens (tertiary/aromatic N) is 2. The topological polar surface area (TPSA) is 93.1 Å². The first kappa shape index (κ1) is 22.5. The van der Waals surface area contributed by atoms with E-state index in [1.165, 1.54) is 30.3 Å². The molecule has 4 aromatic rings. The smallest absolute Gasteiger partial charge is 0.264 e. The second-order valence-electron chi connectivity index (χ2n) is 7.11. The molecular weight excluding hydrogens is 467 g/mol. The maximum absolute atomic E-state index is 14.0. The highest BCUT2D eigenvalue weighted by atomic mass is 35.5. The predicted octanol–water partition coefficient (Wildman–Crippen LogP) is 4.78. The van der Waals surface area contributed by atoms with Crippen LogP contribution in [0.25, 0.3) is 0 Å². The van der Waals surface area contributed by atoms with Crippen molar-refractivity contribution >= 4 is 38.9 Å². The van der Waals surface area contributed by atoms with Gasteiger partial charge in [0.1, 0.15) is 10.7 Å². The molecule has 1 heterocycles. The van der Waals surface area contributed by atoms with Crippen molar-refractivity contribution in [2.45, 2.75) is 11.4 Å². The molecule has 0 unspecified atom stereocenters. The molecule has 0 bridgehead atoms. The average molecular weight is 485 g/mol. The van der Waals surface area contributed by atoms with Gasteiger partial charge in [-0.2, -0.15) is 0 Å². The van der Waals surface area contributed by atoms with Crippen LogP contribution in [0.5, 0.6) is 0 Å². The number of nitrogens with one attached hydrogen (secondary N) is 2. The van der Waals surface area contributed by atoms with E-state index < -0.39 is 26.6 Å². The van der Waals surface area contributed by atoms with E-state index in [4.69, 9.17) is 11.6 Å². The number of amides is 1. The number of rotatable bonds is 7. The molecule has 0 radical (unpaired) electrons. The van der Waals surface area contributed by atoms with Gasteiger partial charge >= 0.3 is 0 Å². The SMILES string of the molecule is O=C(Nc1cc(Cl)ccc1NS(=O)(=O)c1ccccc1F)c1ccc(Cn2ccnc2)cc1. The quantitative estimate of drug-likeness (QED) is 0.395. The van der Waals surface area contributed by atoms with Crippen molar-refractivity contribution in [2.75, 3.05) is 10.0 Å². The Morgan fingerprint density at radius 1 is 1.03 bits per heavy atom. The van der Waals surface area contributed by atoms with Gasteiger partial charge < -0.3 is 9.88 Å². The number of carbonyl (C=O) groups excluding carboxylic acids is 1. The Morgan fingerprint density at radius 3 is 2.48 bits per heavy atom. The van der Waals surface area contributed by atoms with Crippen LogP contribution in [0.3, 0.4) is 0 Å². The maximum atomic E-state index is 14.0. The maximum Gasteiger partial charge on any atom is 0.264 e. The van der Waals surface area contributed by atoms with Gasteiger partial charge in [-0.05, 0) is 48.0 Å². The third-order valence-corrected chi connectivity index (χ3v) is 6.37. The lowest BCUT2D eigenvalue weighted by Crippen LogP contribution is -2.18. The number of anilines is 2. The van der Waals surface area contributed by atoms with E-state index in [2.05, 4.69) is 15.0 Å². The molecule has 0 aliphatic rings. The van der Waals surface area contributed by atoms with Crippen LogP contribution in [0.1, 0.15) is 15.9 Å². The number of hydrogen-bond donors (Lipinski definition) is 2. The first-order valence-electron chi connectivity index (χ1n) is 9.75. The van der Waals surface area contributed by atoms with E-state index in [1.807, 2.05) is 22.9 Å². The molecule has 0 spiro atoms. The molecule has 3 aromatic carbocycles. The van der Waals surface area contributed by atoms with Gasteiger partial charge in [0.25, 0.3) is 15.9 Å². The second kappa shape index (κ2) is 9.43. The number of carbonyl (C=O) groups is 1. The number of aromatic nitrogens is 2. The summed E-state index contributed by atoms with van der Waals surface area (Å²) in [4.78, 5) is 16.3. The van der Waals surface area contributed by atoms with Crippen molar-refractivity contribution < 1.29 is 17.6 Å². The van der Waals surface area contributed by atoms with Crippen molar-refractivity contribution in [3.63, 3.8) is 0 Å². The Balaban J connectivity index is 1.54. The van der Waals surface area contributed by atoms with Gasteiger partial charge in [-0.3, -0.25) is 9.52 Å². The monoisotopic (exact) mass is 484 g/mol. The van der Waals surface area contributed by atoms with E-state index in [-0.39, 0.29) is 16.4 Å². The predicted molar refractivity (Wildman–Crippen MR) is 124 cm³/mol. The fourth-order valence-corrected chi connectivity index (χ4v) is 4.45. The van der Waals surface area contributed by atoms with Crippen molar-refractivity contribution in [3.05, 3.63) is 107 Å². The van der Waals surface area contributed by atoms with Crippen LogP contribution in [-0.2, 0) is 16.6 Å². The van der Waals surface area contributed by atoms with Crippen LogP contribution >= 0.6 is 11.6 Å². The molecule has 0 aliphatic heterocycles. The zero-order valence-electron chi connectivity index (χ0n) is 17.1. The van der Waals surface area contributed by atoms with E-state index in [0.29, 0.717) is 12.1 Å². The lowest BCUT2D eigenvalue weighted by Gasteiger charge is -2.14. The van der Waals surface area contributed by atoms with Crippen LogP contribution in [0.4, 0.5) is 15.8 Å². The fourth-order valence-electron chi connectivity index (χ4n) is 3.12. The van der Waals surface area contributed by atoms with E-state index in [0.717, 1.165) is 17.7 Å². The number of imidazole rings is 1. The Kier molecular flexibility index (Phi) is 6.43. The molecule has 1 amide bonds. The molecule has 33 heavy (non-hydrogen) atoms. The van der Waals surface area contributed by atoms with Gasteiger partial charge in [-0.25, -0.2) is 17.8 Å². The molecule has 2 N–H and O–H groups in total. The molecule has 10 heteroatoms. The highest BCUT2D eigenvalue weighted by molar-refractivity contribution is 7.92. The number of sulfonamides is 1. The van der Waals surface area contributed by atoms with E-state index in [1.54, 1.807) is 24.7 Å². The van der Waals surface area contributed by atoms with Crippen LogP contribution in [0.15, 0.2) is 90.3 Å².